The Hall–Kier alpha value is -7.63. The second-order valence-electron chi connectivity index (χ2n) is 16.0. The Morgan fingerprint density at radius 2 is 1.00 bits per heavy atom. The van der Waals surface area contributed by atoms with Crippen molar-refractivity contribution in [3.63, 3.8) is 0 Å². The maximum Gasteiger partial charge on any atom is 0.164 e. The molecule has 0 saturated carbocycles. The lowest BCUT2D eigenvalue weighted by molar-refractivity contribution is 0.660. The molecule has 12 rings (SSSR count). The summed E-state index contributed by atoms with van der Waals surface area (Å²) >= 11 is 0. The van der Waals surface area contributed by atoms with Crippen LogP contribution in [0.5, 0.6) is 0 Å². The SMILES string of the molecule is CC1(C)c2ccccc2-c2ccc(-c3ccc4c(c3)c3ccccc3n4-c3cc(-c4nc(-c5ccccc5)nc(-c5ccccc5)n4)c4c(c3)oc3ccccc34)cc21. The van der Waals surface area contributed by atoms with Gasteiger partial charge in [-0.05, 0) is 69.8 Å². The number of rotatable bonds is 5. The molecule has 3 aromatic heterocycles. The summed E-state index contributed by atoms with van der Waals surface area (Å²) in [6, 6.07) is 64.2. The number of para-hydroxylation sites is 2. The summed E-state index contributed by atoms with van der Waals surface area (Å²) in [5.74, 6) is 1.81. The summed E-state index contributed by atoms with van der Waals surface area (Å²) in [7, 11) is 0. The third-order valence-electron chi connectivity index (χ3n) is 12.3. The highest BCUT2D eigenvalue weighted by Gasteiger charge is 2.35. The molecule has 0 atom stereocenters. The first-order chi connectivity index (χ1) is 29.0. The van der Waals surface area contributed by atoms with E-state index in [1.807, 2.05) is 72.8 Å². The molecule has 0 radical (unpaired) electrons. The average molecular weight is 757 g/mol. The van der Waals surface area contributed by atoms with Gasteiger partial charge in [0.2, 0.25) is 0 Å². The van der Waals surface area contributed by atoms with Crippen molar-refractivity contribution in [1.29, 1.82) is 0 Å². The molecule has 1 aliphatic rings. The van der Waals surface area contributed by atoms with E-state index in [0.717, 1.165) is 55.3 Å². The van der Waals surface area contributed by atoms with Crippen LogP contribution in [0.3, 0.4) is 0 Å². The maximum atomic E-state index is 6.68. The lowest BCUT2D eigenvalue weighted by Gasteiger charge is -2.22. The predicted molar refractivity (Wildman–Crippen MR) is 241 cm³/mol. The molecular formula is C54H36N4O. The zero-order chi connectivity index (χ0) is 39.2. The van der Waals surface area contributed by atoms with Crippen molar-refractivity contribution in [1.82, 2.24) is 19.5 Å². The summed E-state index contributed by atoms with van der Waals surface area (Å²) in [5.41, 5.74) is 15.2. The number of hydrogen-bond acceptors (Lipinski definition) is 4. The van der Waals surface area contributed by atoms with Crippen molar-refractivity contribution >= 4 is 43.7 Å². The second-order valence-corrected chi connectivity index (χ2v) is 16.0. The minimum absolute atomic E-state index is 0.0721. The van der Waals surface area contributed by atoms with Gasteiger partial charge in [-0.1, -0.05) is 153 Å². The summed E-state index contributed by atoms with van der Waals surface area (Å²) in [6.45, 7) is 4.68. The van der Waals surface area contributed by atoms with E-state index in [1.54, 1.807) is 0 Å². The summed E-state index contributed by atoms with van der Waals surface area (Å²) < 4.78 is 9.03. The van der Waals surface area contributed by atoms with Crippen molar-refractivity contribution < 1.29 is 4.42 Å². The molecule has 0 saturated heterocycles. The van der Waals surface area contributed by atoms with Crippen molar-refractivity contribution in [2.75, 3.05) is 0 Å². The predicted octanol–water partition coefficient (Wildman–Crippen LogP) is 13.8. The van der Waals surface area contributed by atoms with E-state index in [0.29, 0.717) is 17.5 Å². The highest BCUT2D eigenvalue weighted by atomic mass is 16.3. The fourth-order valence-electron chi connectivity index (χ4n) is 9.39. The van der Waals surface area contributed by atoms with Crippen molar-refractivity contribution in [3.05, 3.63) is 193 Å². The van der Waals surface area contributed by atoms with Crippen molar-refractivity contribution in [2.24, 2.45) is 0 Å². The standard InChI is InChI=1S/C54H36N4O/c1-54(2)44-22-12-9-19-38(44)39-27-25-36(30-45(39)54)35-26-28-47-42(29-35)40-20-10-13-23-46(40)58(47)37-31-43(50-41-21-11-14-24-48(41)59-49(50)32-37)53-56-51(33-15-5-3-6-16-33)55-52(57-53)34-17-7-4-8-18-34/h3-32H,1-2H3. The van der Waals surface area contributed by atoms with Gasteiger partial charge in [0, 0.05) is 49.7 Å². The molecule has 5 nitrogen and oxygen atoms in total. The lowest BCUT2D eigenvalue weighted by Crippen LogP contribution is -2.14. The minimum Gasteiger partial charge on any atom is -0.456 e. The van der Waals surface area contributed by atoms with Crippen LogP contribution in [0.25, 0.3) is 106 Å². The number of aromatic nitrogens is 4. The molecule has 0 fully saturated rings. The highest BCUT2D eigenvalue weighted by Crippen LogP contribution is 2.50. The zero-order valence-corrected chi connectivity index (χ0v) is 32.5. The Kier molecular flexibility index (Phi) is 7.20. The van der Waals surface area contributed by atoms with Gasteiger partial charge in [0.15, 0.2) is 17.5 Å². The Bertz CT molecular complexity index is 3410. The summed E-state index contributed by atoms with van der Waals surface area (Å²) in [4.78, 5) is 15.4. The molecule has 5 heteroatoms. The third-order valence-corrected chi connectivity index (χ3v) is 12.3. The van der Waals surface area contributed by atoms with E-state index in [4.69, 9.17) is 19.4 Å². The Morgan fingerprint density at radius 1 is 0.407 bits per heavy atom. The second kappa shape index (κ2) is 12.7. The third kappa shape index (κ3) is 5.14. The normalized spacial score (nSPS) is 13.1. The van der Waals surface area contributed by atoms with E-state index < -0.39 is 0 Å². The quantitative estimate of drug-likeness (QED) is 0.175. The summed E-state index contributed by atoms with van der Waals surface area (Å²) in [6.07, 6.45) is 0. The fourth-order valence-corrected chi connectivity index (χ4v) is 9.39. The van der Waals surface area contributed by atoms with Crippen LogP contribution in [-0.2, 0) is 5.41 Å². The largest absolute Gasteiger partial charge is 0.456 e. The first-order valence-electron chi connectivity index (χ1n) is 20.1. The monoisotopic (exact) mass is 756 g/mol. The van der Waals surface area contributed by atoms with Crippen LogP contribution in [0.15, 0.2) is 186 Å². The van der Waals surface area contributed by atoms with Crippen molar-refractivity contribution in [3.8, 4) is 62.1 Å². The number of fused-ring (bicyclic) bond motifs is 9. The molecule has 0 spiro atoms. The van der Waals surface area contributed by atoms with Crippen LogP contribution in [-0.4, -0.2) is 19.5 Å². The molecule has 278 valence electrons. The molecule has 0 aliphatic heterocycles. The molecule has 0 unspecified atom stereocenters. The molecule has 0 amide bonds. The maximum absolute atomic E-state index is 6.68. The van der Waals surface area contributed by atoms with Gasteiger partial charge in [0.05, 0.1) is 16.7 Å². The van der Waals surface area contributed by atoms with Crippen LogP contribution < -0.4 is 0 Å². The van der Waals surface area contributed by atoms with Crippen molar-refractivity contribution in [2.45, 2.75) is 19.3 Å². The van der Waals surface area contributed by atoms with Crippen LogP contribution in [0.4, 0.5) is 0 Å². The number of furan rings is 1. The first-order valence-corrected chi connectivity index (χ1v) is 20.1. The molecule has 0 bridgehead atoms. The van der Waals surface area contributed by atoms with Crippen LogP contribution >= 0.6 is 0 Å². The van der Waals surface area contributed by atoms with Gasteiger partial charge < -0.3 is 8.98 Å². The van der Waals surface area contributed by atoms with Crippen LogP contribution in [0.1, 0.15) is 25.0 Å². The average Bonchev–Trinajstić information content (AvgIpc) is 3.91. The van der Waals surface area contributed by atoms with Gasteiger partial charge in [-0.15, -0.1) is 0 Å². The first kappa shape index (κ1) is 33.5. The Morgan fingerprint density at radius 3 is 1.78 bits per heavy atom. The van der Waals surface area contributed by atoms with Gasteiger partial charge in [-0.25, -0.2) is 15.0 Å². The number of nitrogens with zero attached hydrogens (tertiary/aromatic N) is 4. The smallest absolute Gasteiger partial charge is 0.164 e. The number of benzene rings is 8. The van der Waals surface area contributed by atoms with Gasteiger partial charge >= 0.3 is 0 Å². The Balaban J connectivity index is 1.08. The van der Waals surface area contributed by atoms with E-state index in [2.05, 4.69) is 128 Å². The molecule has 3 heterocycles. The van der Waals surface area contributed by atoms with Gasteiger partial charge in [-0.2, -0.15) is 0 Å². The van der Waals surface area contributed by atoms with Crippen LogP contribution in [0, 0.1) is 0 Å². The molecule has 8 aromatic carbocycles. The van der Waals surface area contributed by atoms with Gasteiger partial charge in [0.1, 0.15) is 11.2 Å². The van der Waals surface area contributed by atoms with E-state index in [-0.39, 0.29) is 5.41 Å². The highest BCUT2D eigenvalue weighted by molar-refractivity contribution is 6.14. The Labute approximate surface area is 340 Å². The van der Waals surface area contributed by atoms with E-state index >= 15 is 0 Å². The molecule has 59 heavy (non-hydrogen) atoms. The number of hydrogen-bond donors (Lipinski definition) is 0. The van der Waals surface area contributed by atoms with Gasteiger partial charge in [-0.3, -0.25) is 0 Å². The summed E-state index contributed by atoms with van der Waals surface area (Å²) in [5, 5.41) is 4.35. The molecular weight excluding hydrogens is 721 g/mol. The zero-order valence-electron chi connectivity index (χ0n) is 32.5. The minimum atomic E-state index is -0.0721. The molecule has 1 aliphatic carbocycles. The topological polar surface area (TPSA) is 56.7 Å². The lowest BCUT2D eigenvalue weighted by atomic mass is 9.81. The molecule has 0 N–H and O–H groups in total. The fraction of sp³-hybridized carbons (Fsp3) is 0.0556. The van der Waals surface area contributed by atoms with Crippen LogP contribution in [0.2, 0.25) is 0 Å². The van der Waals surface area contributed by atoms with Gasteiger partial charge in [0.25, 0.3) is 0 Å². The van der Waals surface area contributed by atoms with E-state index in [1.165, 1.54) is 44.2 Å². The van der Waals surface area contributed by atoms with E-state index in [9.17, 15) is 0 Å². The molecule has 11 aromatic rings.